The molecular formula is C52H32OS. The molecule has 0 bridgehead atoms. The van der Waals surface area contributed by atoms with Gasteiger partial charge in [0.25, 0.3) is 0 Å². The highest BCUT2D eigenvalue weighted by Crippen LogP contribution is 2.47. The molecule has 0 spiro atoms. The number of rotatable bonds is 3. The summed E-state index contributed by atoms with van der Waals surface area (Å²) >= 11 is 1.90. The van der Waals surface area contributed by atoms with Gasteiger partial charge in [-0.15, -0.1) is 11.3 Å². The van der Waals surface area contributed by atoms with Gasteiger partial charge in [-0.05, 0) is 132 Å². The van der Waals surface area contributed by atoms with Gasteiger partial charge in [0.15, 0.2) is 0 Å². The average molecular weight is 705 g/mol. The van der Waals surface area contributed by atoms with E-state index in [1.165, 1.54) is 108 Å². The first-order chi connectivity index (χ1) is 26.8. The topological polar surface area (TPSA) is 13.1 Å². The molecule has 0 unspecified atom stereocenters. The van der Waals surface area contributed by atoms with Gasteiger partial charge in [0, 0.05) is 31.1 Å². The fraction of sp³-hybridized carbons (Fsp3) is 0.0385. The van der Waals surface area contributed by atoms with Crippen molar-refractivity contribution >= 4 is 91.6 Å². The van der Waals surface area contributed by atoms with E-state index in [2.05, 4.69) is 170 Å². The van der Waals surface area contributed by atoms with Gasteiger partial charge in [-0.1, -0.05) is 127 Å². The second kappa shape index (κ2) is 11.5. The van der Waals surface area contributed by atoms with Gasteiger partial charge in [-0.3, -0.25) is 0 Å². The lowest BCUT2D eigenvalue weighted by Crippen LogP contribution is -1.91. The van der Waals surface area contributed by atoms with E-state index in [1.807, 2.05) is 11.3 Å². The van der Waals surface area contributed by atoms with Crippen LogP contribution in [0.25, 0.3) is 114 Å². The van der Waals surface area contributed by atoms with E-state index >= 15 is 0 Å². The van der Waals surface area contributed by atoms with Crippen LogP contribution in [-0.4, -0.2) is 0 Å². The molecule has 0 saturated carbocycles. The van der Waals surface area contributed by atoms with E-state index in [-0.39, 0.29) is 0 Å². The van der Waals surface area contributed by atoms with Crippen molar-refractivity contribution in [1.29, 1.82) is 0 Å². The Hall–Kier alpha value is -6.48. The molecule has 54 heavy (non-hydrogen) atoms. The van der Waals surface area contributed by atoms with Gasteiger partial charge in [-0.2, -0.15) is 0 Å². The van der Waals surface area contributed by atoms with E-state index in [0.29, 0.717) is 0 Å². The maximum absolute atomic E-state index is 6.31. The summed E-state index contributed by atoms with van der Waals surface area (Å²) in [5.74, 6) is 1.02. The minimum Gasteiger partial charge on any atom is -0.456 e. The minimum atomic E-state index is 0.989. The number of aryl methyl sites for hydroxylation is 1. The minimum absolute atomic E-state index is 0.989. The predicted octanol–water partition coefficient (Wildman–Crippen LogP) is 15.4. The monoisotopic (exact) mass is 704 g/mol. The highest BCUT2D eigenvalue weighted by atomic mass is 32.1. The standard InChI is InChI=1S/C52H32OS/c1-2-10-31(11-3-1)32-18-19-34-29-35(21-20-33(34)28-32)49-37-12-4-6-14-39(37)50(40-15-7-5-13-38(40)49)36-22-23-44-48(30-36)54-47-27-25-41-42(52(44)47)24-26-46-51(41)43-16-8-9-17-45(43)53-46/h1-7,9-15,17-30H,8,16H2. The molecule has 11 aromatic rings. The van der Waals surface area contributed by atoms with Gasteiger partial charge in [0.05, 0.1) is 0 Å². The number of hydrogen-bond acceptors (Lipinski definition) is 2. The van der Waals surface area contributed by atoms with Crippen LogP contribution in [-0.2, 0) is 6.42 Å². The van der Waals surface area contributed by atoms with Crippen molar-refractivity contribution in [2.45, 2.75) is 12.8 Å². The van der Waals surface area contributed by atoms with E-state index in [0.717, 1.165) is 24.2 Å². The normalized spacial score (nSPS) is 13.0. The Kier molecular flexibility index (Phi) is 6.40. The van der Waals surface area contributed by atoms with Crippen LogP contribution in [0.5, 0.6) is 0 Å². The Balaban J connectivity index is 1.05. The van der Waals surface area contributed by atoms with Crippen LogP contribution in [0.15, 0.2) is 168 Å². The second-order valence-corrected chi connectivity index (χ2v) is 15.7. The van der Waals surface area contributed by atoms with Gasteiger partial charge in [0.1, 0.15) is 11.3 Å². The number of hydrogen-bond donors (Lipinski definition) is 0. The predicted molar refractivity (Wildman–Crippen MR) is 233 cm³/mol. The smallest absolute Gasteiger partial charge is 0.135 e. The van der Waals surface area contributed by atoms with E-state index < -0.39 is 0 Å². The zero-order valence-electron chi connectivity index (χ0n) is 29.4. The van der Waals surface area contributed by atoms with Gasteiger partial charge in [-0.25, -0.2) is 0 Å². The highest BCUT2D eigenvalue weighted by Gasteiger charge is 2.21. The van der Waals surface area contributed by atoms with Crippen LogP contribution in [0, 0.1) is 0 Å². The average Bonchev–Trinajstić information content (AvgIpc) is 3.81. The van der Waals surface area contributed by atoms with Crippen molar-refractivity contribution in [3.63, 3.8) is 0 Å². The number of allylic oxidation sites excluding steroid dienone is 1. The van der Waals surface area contributed by atoms with E-state index in [1.54, 1.807) is 0 Å². The molecule has 9 aromatic carbocycles. The first kappa shape index (κ1) is 30.0. The zero-order chi connectivity index (χ0) is 35.3. The quantitative estimate of drug-likeness (QED) is 0.167. The second-order valence-electron chi connectivity index (χ2n) is 14.7. The van der Waals surface area contributed by atoms with Crippen LogP contribution >= 0.6 is 11.3 Å². The molecule has 0 N–H and O–H groups in total. The summed E-state index contributed by atoms with van der Waals surface area (Å²) in [5, 5.41) is 14.1. The van der Waals surface area contributed by atoms with Gasteiger partial charge < -0.3 is 4.42 Å². The van der Waals surface area contributed by atoms with Crippen LogP contribution < -0.4 is 0 Å². The molecule has 2 heteroatoms. The summed E-state index contributed by atoms with van der Waals surface area (Å²) in [6, 6.07) is 58.6. The molecule has 0 aliphatic heterocycles. The van der Waals surface area contributed by atoms with Crippen LogP contribution in [0.2, 0.25) is 0 Å². The molecule has 0 radical (unpaired) electrons. The van der Waals surface area contributed by atoms with Crippen LogP contribution in [0.1, 0.15) is 17.7 Å². The maximum Gasteiger partial charge on any atom is 0.135 e. The zero-order valence-corrected chi connectivity index (χ0v) is 30.2. The Morgan fingerprint density at radius 1 is 0.426 bits per heavy atom. The molecule has 1 aliphatic rings. The Morgan fingerprint density at radius 2 is 1.02 bits per heavy atom. The fourth-order valence-electron chi connectivity index (χ4n) is 9.28. The number of fused-ring (bicyclic) bond motifs is 12. The maximum atomic E-state index is 6.31. The molecule has 0 fully saturated rings. The molecule has 0 saturated heterocycles. The Labute approximate surface area is 316 Å². The summed E-state index contributed by atoms with van der Waals surface area (Å²) in [6.45, 7) is 0. The van der Waals surface area contributed by atoms with Crippen molar-refractivity contribution in [2.75, 3.05) is 0 Å². The lowest BCUT2D eigenvalue weighted by Gasteiger charge is -2.18. The fourth-order valence-corrected chi connectivity index (χ4v) is 10.4. The largest absolute Gasteiger partial charge is 0.456 e. The molecule has 0 atom stereocenters. The molecule has 1 aliphatic carbocycles. The molecule has 0 amide bonds. The van der Waals surface area contributed by atoms with Crippen molar-refractivity contribution in [3.05, 3.63) is 175 Å². The Bertz CT molecular complexity index is 3320. The van der Waals surface area contributed by atoms with E-state index in [9.17, 15) is 0 Å². The molecule has 12 rings (SSSR count). The first-order valence-electron chi connectivity index (χ1n) is 18.8. The van der Waals surface area contributed by atoms with Gasteiger partial charge in [0.2, 0.25) is 0 Å². The van der Waals surface area contributed by atoms with Crippen molar-refractivity contribution in [3.8, 4) is 33.4 Å². The number of thiophene rings is 1. The lowest BCUT2D eigenvalue weighted by atomic mass is 9.85. The van der Waals surface area contributed by atoms with Crippen molar-refractivity contribution in [2.24, 2.45) is 0 Å². The summed E-state index contributed by atoms with van der Waals surface area (Å²) < 4.78 is 8.94. The highest BCUT2D eigenvalue weighted by molar-refractivity contribution is 7.26. The SMILES string of the molecule is C1=Cc2oc3ccc4c(ccc5sc6cc(-c7c8ccccc8c(-c8ccc9cc(-c%10ccccc%10)ccc9c8)c8ccccc78)ccc6c54)c3c2CC1. The van der Waals surface area contributed by atoms with Crippen molar-refractivity contribution < 1.29 is 4.42 Å². The number of benzene rings is 9. The summed E-state index contributed by atoms with van der Waals surface area (Å²) in [4.78, 5) is 0. The summed E-state index contributed by atoms with van der Waals surface area (Å²) in [5.41, 5.74) is 9.90. The van der Waals surface area contributed by atoms with E-state index in [4.69, 9.17) is 4.42 Å². The third kappa shape index (κ3) is 4.38. The summed E-state index contributed by atoms with van der Waals surface area (Å²) in [7, 11) is 0. The third-order valence-electron chi connectivity index (χ3n) is 11.7. The molecule has 1 nitrogen and oxygen atoms in total. The third-order valence-corrected chi connectivity index (χ3v) is 12.8. The summed E-state index contributed by atoms with van der Waals surface area (Å²) in [6.07, 6.45) is 6.46. The molecule has 2 heterocycles. The van der Waals surface area contributed by atoms with Crippen molar-refractivity contribution in [1.82, 2.24) is 0 Å². The first-order valence-corrected chi connectivity index (χ1v) is 19.6. The number of furan rings is 1. The lowest BCUT2D eigenvalue weighted by molar-refractivity contribution is 0.595. The molecule has 252 valence electrons. The Morgan fingerprint density at radius 3 is 1.76 bits per heavy atom. The van der Waals surface area contributed by atoms with Crippen LogP contribution in [0.3, 0.4) is 0 Å². The van der Waals surface area contributed by atoms with Crippen LogP contribution in [0.4, 0.5) is 0 Å². The molecule has 2 aromatic heterocycles. The van der Waals surface area contributed by atoms with Gasteiger partial charge >= 0.3 is 0 Å². The molecular weight excluding hydrogens is 673 g/mol.